The number of carbonyl (C=O) groups excluding carboxylic acids is 1. The lowest BCUT2D eigenvalue weighted by atomic mass is 10.1. The number of aromatic nitrogens is 1. The summed E-state index contributed by atoms with van der Waals surface area (Å²) in [4.78, 5) is 21.5. The van der Waals surface area contributed by atoms with Crippen LogP contribution in [0.15, 0.2) is 48.7 Å². The molecule has 3 atom stereocenters. The zero-order valence-electron chi connectivity index (χ0n) is 16.7. The first-order valence-electron chi connectivity index (χ1n) is 10.2. The molecule has 6 heteroatoms. The average molecular weight is 390 g/mol. The molecule has 6 nitrogen and oxygen atoms in total. The molecule has 1 amide bonds. The SMILES string of the molecule is C[C@H](OCCC(=O)N1CC2CCC(C1)N2c1ccc(C#N)cn1)c1ccccc1. The molecule has 0 radical (unpaired) electrons. The second-order valence-corrected chi connectivity index (χ2v) is 7.78. The Morgan fingerprint density at radius 1 is 1.21 bits per heavy atom. The van der Waals surface area contributed by atoms with Crippen LogP contribution in [-0.2, 0) is 9.53 Å². The number of pyridine rings is 1. The Morgan fingerprint density at radius 3 is 2.55 bits per heavy atom. The number of hydrogen-bond donors (Lipinski definition) is 0. The van der Waals surface area contributed by atoms with Crippen LogP contribution in [0.25, 0.3) is 0 Å². The second kappa shape index (κ2) is 8.62. The normalized spacial score (nSPS) is 21.7. The zero-order chi connectivity index (χ0) is 20.2. The van der Waals surface area contributed by atoms with Gasteiger partial charge in [-0.15, -0.1) is 0 Å². The van der Waals surface area contributed by atoms with E-state index >= 15 is 0 Å². The van der Waals surface area contributed by atoms with Crippen LogP contribution < -0.4 is 4.90 Å². The fourth-order valence-electron chi connectivity index (χ4n) is 4.39. The maximum absolute atomic E-state index is 12.7. The number of carbonyl (C=O) groups is 1. The molecule has 2 aliphatic rings. The predicted octanol–water partition coefficient (Wildman–Crippen LogP) is 3.30. The molecule has 29 heavy (non-hydrogen) atoms. The highest BCUT2D eigenvalue weighted by molar-refractivity contribution is 5.77. The quantitative estimate of drug-likeness (QED) is 0.757. The van der Waals surface area contributed by atoms with Crippen LogP contribution in [0.4, 0.5) is 5.82 Å². The number of fused-ring (bicyclic) bond motifs is 2. The van der Waals surface area contributed by atoms with E-state index in [4.69, 9.17) is 10.00 Å². The van der Waals surface area contributed by atoms with Gasteiger partial charge in [0.2, 0.25) is 5.91 Å². The average Bonchev–Trinajstić information content (AvgIpc) is 3.03. The Labute approximate surface area is 171 Å². The van der Waals surface area contributed by atoms with Crippen molar-refractivity contribution >= 4 is 11.7 Å². The van der Waals surface area contributed by atoms with Crippen molar-refractivity contribution in [1.29, 1.82) is 5.26 Å². The van der Waals surface area contributed by atoms with E-state index in [1.54, 1.807) is 6.20 Å². The zero-order valence-corrected chi connectivity index (χ0v) is 16.7. The van der Waals surface area contributed by atoms with Crippen molar-refractivity contribution in [2.45, 2.75) is 44.4 Å². The molecule has 2 saturated heterocycles. The second-order valence-electron chi connectivity index (χ2n) is 7.78. The summed E-state index contributed by atoms with van der Waals surface area (Å²) in [6, 6.07) is 16.5. The fraction of sp³-hybridized carbons (Fsp3) is 0.435. The minimum atomic E-state index is -0.0144. The molecular formula is C23H26N4O2. The van der Waals surface area contributed by atoms with E-state index in [9.17, 15) is 4.79 Å². The number of benzene rings is 1. The highest BCUT2D eigenvalue weighted by Gasteiger charge is 2.41. The molecular weight excluding hydrogens is 364 g/mol. The van der Waals surface area contributed by atoms with Crippen LogP contribution in [0.3, 0.4) is 0 Å². The molecule has 2 aliphatic heterocycles. The first-order chi connectivity index (χ1) is 14.2. The Morgan fingerprint density at radius 2 is 1.93 bits per heavy atom. The van der Waals surface area contributed by atoms with Crippen molar-refractivity contribution in [2.75, 3.05) is 24.6 Å². The smallest absolute Gasteiger partial charge is 0.225 e. The number of nitrogens with zero attached hydrogens (tertiary/aromatic N) is 4. The highest BCUT2D eigenvalue weighted by Crippen LogP contribution is 2.34. The van der Waals surface area contributed by atoms with Crippen molar-refractivity contribution in [3.8, 4) is 6.07 Å². The van der Waals surface area contributed by atoms with Gasteiger partial charge in [0.25, 0.3) is 0 Å². The lowest BCUT2D eigenvalue weighted by Gasteiger charge is -2.41. The summed E-state index contributed by atoms with van der Waals surface area (Å²) in [5, 5.41) is 8.96. The van der Waals surface area contributed by atoms with E-state index in [0.29, 0.717) is 30.7 Å². The van der Waals surface area contributed by atoms with Crippen LogP contribution in [0.2, 0.25) is 0 Å². The number of piperazine rings is 1. The van der Waals surface area contributed by atoms with E-state index in [1.165, 1.54) is 0 Å². The predicted molar refractivity (Wildman–Crippen MR) is 110 cm³/mol. The van der Waals surface area contributed by atoms with Crippen LogP contribution in [0.5, 0.6) is 0 Å². The molecule has 0 aliphatic carbocycles. The Balaban J connectivity index is 1.30. The van der Waals surface area contributed by atoms with Gasteiger partial charge in [-0.05, 0) is 37.5 Å². The molecule has 4 rings (SSSR count). The maximum atomic E-state index is 12.7. The standard InChI is InChI=1S/C23H26N4O2/c1-17(19-5-3-2-4-6-19)29-12-11-23(28)26-15-20-8-9-21(16-26)27(20)22-10-7-18(13-24)14-25-22/h2-7,10,14,17,20-21H,8-9,11-12,15-16H2,1H3/t17-,20?,21?/m0/s1. The molecule has 1 aromatic heterocycles. The lowest BCUT2D eigenvalue weighted by molar-refractivity contribution is -0.133. The third-order valence-electron chi connectivity index (χ3n) is 5.93. The summed E-state index contributed by atoms with van der Waals surface area (Å²) in [7, 11) is 0. The third kappa shape index (κ3) is 4.25. The van der Waals surface area contributed by atoms with Gasteiger partial charge >= 0.3 is 0 Å². The summed E-state index contributed by atoms with van der Waals surface area (Å²) >= 11 is 0. The Kier molecular flexibility index (Phi) is 5.77. The summed E-state index contributed by atoms with van der Waals surface area (Å²) < 4.78 is 5.88. The summed E-state index contributed by atoms with van der Waals surface area (Å²) in [5.74, 6) is 1.07. The van der Waals surface area contributed by atoms with Crippen LogP contribution in [-0.4, -0.2) is 47.6 Å². The largest absolute Gasteiger partial charge is 0.373 e. The first-order valence-corrected chi connectivity index (χ1v) is 10.2. The minimum absolute atomic E-state index is 0.0144. The Hall–Kier alpha value is -2.91. The monoisotopic (exact) mass is 390 g/mol. The van der Waals surface area contributed by atoms with Gasteiger partial charge in [0.15, 0.2) is 0 Å². The molecule has 2 bridgehead atoms. The summed E-state index contributed by atoms with van der Waals surface area (Å²) in [6.07, 6.45) is 4.15. The number of amides is 1. The van der Waals surface area contributed by atoms with Crippen molar-refractivity contribution < 1.29 is 9.53 Å². The van der Waals surface area contributed by atoms with Gasteiger partial charge in [0.1, 0.15) is 11.9 Å². The fourth-order valence-corrected chi connectivity index (χ4v) is 4.39. The Bertz CT molecular complexity index is 864. The van der Waals surface area contributed by atoms with Gasteiger partial charge < -0.3 is 14.5 Å². The number of anilines is 1. The maximum Gasteiger partial charge on any atom is 0.225 e. The van der Waals surface area contributed by atoms with E-state index in [0.717, 1.165) is 37.3 Å². The van der Waals surface area contributed by atoms with E-state index in [1.807, 2.05) is 54.3 Å². The molecule has 2 unspecified atom stereocenters. The number of likely N-dealkylation sites (tertiary alicyclic amines) is 1. The number of nitriles is 1. The number of hydrogen-bond acceptors (Lipinski definition) is 5. The molecule has 0 N–H and O–H groups in total. The molecule has 3 heterocycles. The van der Waals surface area contributed by atoms with Gasteiger partial charge in [0, 0.05) is 31.4 Å². The van der Waals surface area contributed by atoms with Gasteiger partial charge in [-0.2, -0.15) is 5.26 Å². The highest BCUT2D eigenvalue weighted by atomic mass is 16.5. The number of ether oxygens (including phenoxy) is 1. The van der Waals surface area contributed by atoms with Gasteiger partial charge in [-0.1, -0.05) is 30.3 Å². The summed E-state index contributed by atoms with van der Waals surface area (Å²) in [6.45, 7) is 3.90. The minimum Gasteiger partial charge on any atom is -0.373 e. The van der Waals surface area contributed by atoms with Crippen LogP contribution in [0.1, 0.15) is 43.4 Å². The van der Waals surface area contributed by atoms with Crippen molar-refractivity contribution in [2.24, 2.45) is 0 Å². The molecule has 2 fully saturated rings. The molecule has 150 valence electrons. The van der Waals surface area contributed by atoms with Crippen molar-refractivity contribution in [1.82, 2.24) is 9.88 Å². The third-order valence-corrected chi connectivity index (χ3v) is 5.93. The topological polar surface area (TPSA) is 69.5 Å². The van der Waals surface area contributed by atoms with Crippen molar-refractivity contribution in [3.05, 3.63) is 59.8 Å². The van der Waals surface area contributed by atoms with Crippen LogP contribution in [0, 0.1) is 11.3 Å². The van der Waals surface area contributed by atoms with Crippen LogP contribution >= 0.6 is 0 Å². The van der Waals surface area contributed by atoms with Crippen molar-refractivity contribution in [3.63, 3.8) is 0 Å². The summed E-state index contributed by atoms with van der Waals surface area (Å²) in [5.41, 5.74) is 1.70. The lowest BCUT2D eigenvalue weighted by Crippen LogP contribution is -2.55. The first kappa shape index (κ1) is 19.4. The molecule has 1 aromatic carbocycles. The van der Waals surface area contributed by atoms with Gasteiger partial charge in [-0.3, -0.25) is 4.79 Å². The van der Waals surface area contributed by atoms with E-state index in [2.05, 4.69) is 16.0 Å². The number of rotatable bonds is 6. The van der Waals surface area contributed by atoms with Gasteiger partial charge in [0.05, 0.1) is 24.7 Å². The van der Waals surface area contributed by atoms with Gasteiger partial charge in [-0.25, -0.2) is 4.98 Å². The molecule has 0 saturated carbocycles. The molecule has 0 spiro atoms. The van der Waals surface area contributed by atoms with E-state index < -0.39 is 0 Å². The van der Waals surface area contributed by atoms with E-state index in [-0.39, 0.29) is 12.0 Å². The molecule has 2 aromatic rings.